The second kappa shape index (κ2) is 5.77. The van der Waals surface area contributed by atoms with Crippen LogP contribution in [-0.2, 0) is 0 Å². The molecule has 1 aliphatic heterocycles. The second-order valence-corrected chi connectivity index (χ2v) is 6.71. The van der Waals surface area contributed by atoms with Crippen LogP contribution in [0.1, 0.15) is 21.6 Å². The lowest BCUT2D eigenvalue weighted by Gasteiger charge is -2.13. The fraction of sp³-hybridized carbons (Fsp3) is 0.267. The molecule has 110 valence electrons. The first-order valence-corrected chi connectivity index (χ1v) is 7.93. The largest absolute Gasteiger partial charge is 0.358 e. The van der Waals surface area contributed by atoms with Gasteiger partial charge in [-0.25, -0.2) is 5.43 Å². The number of nitrogens with one attached hydrogen (secondary N) is 2. The first kappa shape index (κ1) is 14.5. The number of nitrogens with two attached hydrogens (primary N) is 1. The van der Waals surface area contributed by atoms with E-state index in [-0.39, 0.29) is 6.17 Å². The van der Waals surface area contributed by atoms with Gasteiger partial charge in [0.25, 0.3) is 0 Å². The minimum atomic E-state index is -0.0639. The van der Waals surface area contributed by atoms with E-state index in [1.165, 1.54) is 10.4 Å². The number of hydrazine groups is 1. The maximum Gasteiger partial charge on any atom is 0.110 e. The molecular weight excluding hydrogens is 304 g/mol. The Kier molecular flexibility index (Phi) is 3.99. The number of nitrogens with zero attached hydrogens (tertiary/aromatic N) is 1. The third-order valence-corrected chi connectivity index (χ3v) is 5.07. The van der Waals surface area contributed by atoms with Gasteiger partial charge in [-0.05, 0) is 31.5 Å². The number of hydrogen-bond acceptors (Lipinski definition) is 5. The van der Waals surface area contributed by atoms with Crippen molar-refractivity contribution in [2.24, 2.45) is 10.8 Å². The highest BCUT2D eigenvalue weighted by Gasteiger charge is 2.23. The predicted octanol–water partition coefficient (Wildman–Crippen LogP) is 3.07. The Morgan fingerprint density at radius 3 is 2.71 bits per heavy atom. The summed E-state index contributed by atoms with van der Waals surface area (Å²) in [4.78, 5) is 6.05. The van der Waals surface area contributed by atoms with E-state index >= 15 is 0 Å². The molecule has 3 rings (SSSR count). The van der Waals surface area contributed by atoms with Gasteiger partial charge in [-0.15, -0.1) is 11.3 Å². The minimum absolute atomic E-state index is 0.0639. The van der Waals surface area contributed by atoms with Crippen molar-refractivity contribution in [2.75, 3.05) is 11.9 Å². The Morgan fingerprint density at radius 1 is 1.33 bits per heavy atom. The van der Waals surface area contributed by atoms with Gasteiger partial charge in [0, 0.05) is 21.0 Å². The number of aliphatic imine (C=N–C) groups is 1. The third kappa shape index (κ3) is 2.70. The smallest absolute Gasteiger partial charge is 0.110 e. The summed E-state index contributed by atoms with van der Waals surface area (Å²) < 4.78 is 0. The van der Waals surface area contributed by atoms with E-state index in [0.29, 0.717) is 6.54 Å². The summed E-state index contributed by atoms with van der Waals surface area (Å²) in [6.45, 7) is 4.84. The molecule has 0 fully saturated rings. The first-order chi connectivity index (χ1) is 10.1. The fourth-order valence-corrected chi connectivity index (χ4v) is 3.66. The van der Waals surface area contributed by atoms with E-state index in [4.69, 9.17) is 22.4 Å². The summed E-state index contributed by atoms with van der Waals surface area (Å²) in [7, 11) is 0. The molecule has 1 aliphatic rings. The zero-order chi connectivity index (χ0) is 15.0. The maximum absolute atomic E-state index is 5.99. The van der Waals surface area contributed by atoms with Crippen LogP contribution in [0.2, 0.25) is 5.02 Å². The normalized spacial score (nSPS) is 17.7. The standard InChI is InChI=1S/C15H17ClN4S/c1-8-9(2)21-15-13(8)14(18-7-12(19-15)20-17)10-3-5-11(16)6-4-10/h3-6,12,19-20H,7,17H2,1-2H3. The monoisotopic (exact) mass is 320 g/mol. The number of benzene rings is 1. The molecule has 6 heteroatoms. The first-order valence-electron chi connectivity index (χ1n) is 6.73. The van der Waals surface area contributed by atoms with Gasteiger partial charge < -0.3 is 5.32 Å². The number of hydrogen-bond donors (Lipinski definition) is 3. The van der Waals surface area contributed by atoms with Crippen LogP contribution in [0.5, 0.6) is 0 Å². The quantitative estimate of drug-likeness (QED) is 0.588. The Balaban J connectivity index is 2.15. The van der Waals surface area contributed by atoms with Crippen molar-refractivity contribution in [3.05, 3.63) is 50.9 Å². The predicted molar refractivity (Wildman–Crippen MR) is 90.5 cm³/mol. The van der Waals surface area contributed by atoms with Gasteiger partial charge in [0.15, 0.2) is 0 Å². The van der Waals surface area contributed by atoms with E-state index in [1.807, 2.05) is 24.3 Å². The molecule has 1 aromatic heterocycles. The van der Waals surface area contributed by atoms with Gasteiger partial charge >= 0.3 is 0 Å². The number of fused-ring (bicyclic) bond motifs is 1. The van der Waals surface area contributed by atoms with Gasteiger partial charge in [-0.1, -0.05) is 23.7 Å². The highest BCUT2D eigenvalue weighted by Crippen LogP contribution is 2.36. The zero-order valence-corrected chi connectivity index (χ0v) is 13.5. The summed E-state index contributed by atoms with van der Waals surface area (Å²) >= 11 is 7.72. The zero-order valence-electron chi connectivity index (χ0n) is 11.9. The summed E-state index contributed by atoms with van der Waals surface area (Å²) in [6, 6.07) is 7.80. The van der Waals surface area contributed by atoms with E-state index in [2.05, 4.69) is 24.6 Å². The van der Waals surface area contributed by atoms with Gasteiger partial charge in [0.2, 0.25) is 0 Å². The molecule has 1 unspecified atom stereocenters. The van der Waals surface area contributed by atoms with Crippen LogP contribution in [0.4, 0.5) is 5.00 Å². The number of rotatable bonds is 2. The van der Waals surface area contributed by atoms with Crippen molar-refractivity contribution in [3.8, 4) is 0 Å². The van der Waals surface area contributed by atoms with Crippen LogP contribution in [0.25, 0.3) is 0 Å². The van der Waals surface area contributed by atoms with Crippen LogP contribution in [0.15, 0.2) is 29.3 Å². The number of anilines is 1. The van der Waals surface area contributed by atoms with E-state index in [1.54, 1.807) is 11.3 Å². The molecule has 0 bridgehead atoms. The van der Waals surface area contributed by atoms with E-state index in [0.717, 1.165) is 26.9 Å². The highest BCUT2D eigenvalue weighted by atomic mass is 35.5. The lowest BCUT2D eigenvalue weighted by molar-refractivity contribution is 0.597. The second-order valence-electron chi connectivity index (χ2n) is 5.05. The topological polar surface area (TPSA) is 62.4 Å². The lowest BCUT2D eigenvalue weighted by Crippen LogP contribution is -2.42. The summed E-state index contributed by atoms with van der Waals surface area (Å²) in [5, 5.41) is 5.26. The fourth-order valence-electron chi connectivity index (χ4n) is 2.42. The van der Waals surface area contributed by atoms with Crippen molar-refractivity contribution in [1.82, 2.24) is 5.43 Å². The molecule has 0 saturated heterocycles. The number of halogens is 1. The Morgan fingerprint density at radius 2 is 2.05 bits per heavy atom. The average molecular weight is 321 g/mol. The van der Waals surface area contributed by atoms with Crippen LogP contribution in [-0.4, -0.2) is 18.4 Å². The molecule has 0 amide bonds. The van der Waals surface area contributed by atoms with Gasteiger partial charge in [0.1, 0.15) is 6.17 Å². The van der Waals surface area contributed by atoms with E-state index in [9.17, 15) is 0 Å². The molecule has 2 heterocycles. The van der Waals surface area contributed by atoms with Gasteiger partial charge in [-0.3, -0.25) is 10.8 Å². The molecule has 0 spiro atoms. The third-order valence-electron chi connectivity index (χ3n) is 3.68. The van der Waals surface area contributed by atoms with Crippen molar-refractivity contribution < 1.29 is 0 Å². The molecule has 1 aromatic carbocycles. The Bertz CT molecular complexity index is 690. The van der Waals surface area contributed by atoms with Crippen LogP contribution < -0.4 is 16.6 Å². The molecule has 0 saturated carbocycles. The molecule has 0 radical (unpaired) electrons. The van der Waals surface area contributed by atoms with Crippen molar-refractivity contribution >= 4 is 33.7 Å². The molecule has 21 heavy (non-hydrogen) atoms. The molecule has 2 aromatic rings. The Labute approximate surface area is 133 Å². The van der Waals surface area contributed by atoms with Crippen molar-refractivity contribution in [3.63, 3.8) is 0 Å². The molecular formula is C15H17ClN4S. The summed E-state index contributed by atoms with van der Waals surface area (Å²) in [5.74, 6) is 5.58. The summed E-state index contributed by atoms with van der Waals surface area (Å²) in [6.07, 6.45) is -0.0639. The molecule has 1 atom stereocenters. The number of aryl methyl sites for hydroxylation is 1. The Hall–Kier alpha value is -1.40. The molecule has 4 nitrogen and oxygen atoms in total. The highest BCUT2D eigenvalue weighted by molar-refractivity contribution is 7.16. The van der Waals surface area contributed by atoms with Crippen LogP contribution in [0, 0.1) is 13.8 Å². The molecule has 0 aliphatic carbocycles. The molecule has 4 N–H and O–H groups in total. The van der Waals surface area contributed by atoms with E-state index < -0.39 is 0 Å². The van der Waals surface area contributed by atoms with Crippen LogP contribution >= 0.6 is 22.9 Å². The minimum Gasteiger partial charge on any atom is -0.358 e. The van der Waals surface area contributed by atoms with Crippen LogP contribution in [0.3, 0.4) is 0 Å². The van der Waals surface area contributed by atoms with Crippen molar-refractivity contribution in [2.45, 2.75) is 20.0 Å². The lowest BCUT2D eigenvalue weighted by atomic mass is 10.00. The van der Waals surface area contributed by atoms with Crippen molar-refractivity contribution in [1.29, 1.82) is 0 Å². The number of thiophene rings is 1. The maximum atomic E-state index is 5.99. The summed E-state index contributed by atoms with van der Waals surface area (Å²) in [5.41, 5.74) is 7.25. The van der Waals surface area contributed by atoms with Gasteiger partial charge in [-0.2, -0.15) is 0 Å². The SMILES string of the molecule is Cc1sc2c(c1C)C(c1ccc(Cl)cc1)=NCC(NN)N2. The van der Waals surface area contributed by atoms with Gasteiger partial charge in [0.05, 0.1) is 17.3 Å². The average Bonchev–Trinajstić information content (AvgIpc) is 2.66.